The quantitative estimate of drug-likeness (QED) is 0.597. The summed E-state index contributed by atoms with van der Waals surface area (Å²) < 4.78 is 64.9. The maximum atomic E-state index is 13.5. The number of halogens is 5. The number of carbonyl (C=O) groups excluding carboxylic acids is 1. The third-order valence-electron chi connectivity index (χ3n) is 2.67. The van der Waals surface area contributed by atoms with Crippen molar-refractivity contribution in [2.45, 2.75) is 6.18 Å². The van der Waals surface area contributed by atoms with Crippen LogP contribution in [0.25, 0.3) is 0 Å². The normalized spacial score (nSPS) is 11.4. The van der Waals surface area contributed by atoms with Crippen molar-refractivity contribution in [2.24, 2.45) is 0 Å². The number of rotatable bonds is 2. The summed E-state index contributed by atoms with van der Waals surface area (Å²) in [4.78, 5) is 12.0. The Labute approximate surface area is 110 Å². The van der Waals surface area contributed by atoms with Crippen molar-refractivity contribution in [2.75, 3.05) is 0 Å². The predicted octanol–water partition coefficient (Wildman–Crippen LogP) is 4.21. The molecule has 20 heavy (non-hydrogen) atoms. The molecule has 0 saturated heterocycles. The highest BCUT2D eigenvalue weighted by atomic mass is 19.4. The molecule has 0 aliphatic carbocycles. The van der Waals surface area contributed by atoms with E-state index >= 15 is 0 Å². The van der Waals surface area contributed by atoms with Crippen molar-refractivity contribution in [3.8, 4) is 0 Å². The highest BCUT2D eigenvalue weighted by Crippen LogP contribution is 2.33. The molecule has 0 spiro atoms. The molecule has 0 fully saturated rings. The van der Waals surface area contributed by atoms with Gasteiger partial charge < -0.3 is 0 Å². The van der Waals surface area contributed by atoms with Gasteiger partial charge in [-0.3, -0.25) is 4.79 Å². The number of ketones is 1. The van der Waals surface area contributed by atoms with Crippen molar-refractivity contribution in [1.82, 2.24) is 0 Å². The Kier molecular flexibility index (Phi) is 3.57. The molecule has 0 bridgehead atoms. The third-order valence-corrected chi connectivity index (χ3v) is 2.67. The second kappa shape index (κ2) is 5.03. The summed E-state index contributed by atoms with van der Waals surface area (Å²) in [7, 11) is 0. The van der Waals surface area contributed by atoms with Crippen LogP contribution in [0, 0.1) is 11.6 Å². The van der Waals surface area contributed by atoms with Crippen LogP contribution in [0.2, 0.25) is 0 Å². The summed E-state index contributed by atoms with van der Waals surface area (Å²) in [5.41, 5.74) is -2.64. The minimum Gasteiger partial charge on any atom is -0.288 e. The Morgan fingerprint density at radius 1 is 0.850 bits per heavy atom. The zero-order valence-corrected chi connectivity index (χ0v) is 9.84. The van der Waals surface area contributed by atoms with E-state index in [1.54, 1.807) is 0 Å². The largest absolute Gasteiger partial charge is 0.417 e. The molecule has 2 rings (SSSR count). The first-order valence-electron chi connectivity index (χ1n) is 5.47. The molecule has 0 aromatic heterocycles. The van der Waals surface area contributed by atoms with E-state index in [1.165, 1.54) is 6.07 Å². The van der Waals surface area contributed by atoms with E-state index in [-0.39, 0.29) is 0 Å². The van der Waals surface area contributed by atoms with Crippen LogP contribution in [0.4, 0.5) is 22.0 Å². The molecule has 6 heteroatoms. The SMILES string of the molecule is O=C(c1ccccc1C(F)(F)F)c1cccc(F)c1F. The molecule has 2 aromatic rings. The van der Waals surface area contributed by atoms with E-state index in [2.05, 4.69) is 0 Å². The monoisotopic (exact) mass is 286 g/mol. The van der Waals surface area contributed by atoms with E-state index in [9.17, 15) is 26.7 Å². The molecule has 0 radical (unpaired) electrons. The standard InChI is InChI=1S/C14H7F5O/c15-11-7-3-5-9(12(11)16)13(20)8-4-1-2-6-10(8)14(17,18)19/h1-7H. The predicted molar refractivity (Wildman–Crippen MR) is 61.2 cm³/mol. The fraction of sp³-hybridized carbons (Fsp3) is 0.0714. The molecular formula is C14H7F5O. The Hall–Kier alpha value is -2.24. The van der Waals surface area contributed by atoms with E-state index < -0.39 is 40.3 Å². The fourth-order valence-corrected chi connectivity index (χ4v) is 1.75. The van der Waals surface area contributed by atoms with Gasteiger partial charge >= 0.3 is 6.18 Å². The summed E-state index contributed by atoms with van der Waals surface area (Å²) >= 11 is 0. The number of hydrogen-bond acceptors (Lipinski definition) is 1. The minimum absolute atomic E-state index is 0.713. The van der Waals surface area contributed by atoms with Crippen LogP contribution in [0.15, 0.2) is 42.5 Å². The van der Waals surface area contributed by atoms with Gasteiger partial charge in [-0.15, -0.1) is 0 Å². The van der Waals surface area contributed by atoms with Gasteiger partial charge in [0, 0.05) is 5.56 Å². The molecule has 0 amide bonds. The molecular weight excluding hydrogens is 279 g/mol. The molecule has 0 heterocycles. The fourth-order valence-electron chi connectivity index (χ4n) is 1.75. The van der Waals surface area contributed by atoms with Crippen molar-refractivity contribution in [1.29, 1.82) is 0 Å². The van der Waals surface area contributed by atoms with Crippen LogP contribution >= 0.6 is 0 Å². The van der Waals surface area contributed by atoms with Crippen LogP contribution in [-0.2, 0) is 6.18 Å². The molecule has 0 atom stereocenters. The zero-order valence-electron chi connectivity index (χ0n) is 9.84. The molecule has 104 valence electrons. The first kappa shape index (κ1) is 14.2. The maximum Gasteiger partial charge on any atom is 0.417 e. The van der Waals surface area contributed by atoms with Crippen molar-refractivity contribution >= 4 is 5.78 Å². The van der Waals surface area contributed by atoms with Gasteiger partial charge in [0.15, 0.2) is 17.4 Å². The molecule has 0 N–H and O–H groups in total. The Morgan fingerprint density at radius 2 is 1.45 bits per heavy atom. The molecule has 1 nitrogen and oxygen atoms in total. The first-order valence-corrected chi connectivity index (χ1v) is 5.47. The van der Waals surface area contributed by atoms with Crippen LogP contribution in [0.5, 0.6) is 0 Å². The summed E-state index contributed by atoms with van der Waals surface area (Å²) in [5.74, 6) is -3.97. The van der Waals surface area contributed by atoms with Gasteiger partial charge in [-0.25, -0.2) is 8.78 Å². The van der Waals surface area contributed by atoms with Crippen molar-refractivity contribution in [3.05, 3.63) is 70.8 Å². The highest BCUT2D eigenvalue weighted by molar-refractivity contribution is 6.10. The lowest BCUT2D eigenvalue weighted by Gasteiger charge is -2.12. The Balaban J connectivity index is 2.58. The molecule has 0 saturated carbocycles. The highest BCUT2D eigenvalue weighted by Gasteiger charge is 2.35. The van der Waals surface area contributed by atoms with Gasteiger partial charge in [0.2, 0.25) is 0 Å². The minimum atomic E-state index is -4.75. The summed E-state index contributed by atoms with van der Waals surface area (Å²) in [5, 5.41) is 0. The Morgan fingerprint density at radius 3 is 2.10 bits per heavy atom. The second-order valence-electron chi connectivity index (χ2n) is 3.97. The van der Waals surface area contributed by atoms with E-state index in [4.69, 9.17) is 0 Å². The number of benzene rings is 2. The second-order valence-corrected chi connectivity index (χ2v) is 3.97. The van der Waals surface area contributed by atoms with Crippen LogP contribution in [0.3, 0.4) is 0 Å². The van der Waals surface area contributed by atoms with E-state index in [0.29, 0.717) is 6.07 Å². The van der Waals surface area contributed by atoms with Gasteiger partial charge in [-0.05, 0) is 18.2 Å². The van der Waals surface area contributed by atoms with Crippen LogP contribution < -0.4 is 0 Å². The van der Waals surface area contributed by atoms with Crippen molar-refractivity contribution in [3.63, 3.8) is 0 Å². The van der Waals surface area contributed by atoms with Crippen molar-refractivity contribution < 1.29 is 26.7 Å². The van der Waals surface area contributed by atoms with Crippen LogP contribution in [0.1, 0.15) is 21.5 Å². The van der Waals surface area contributed by atoms with Gasteiger partial charge in [0.25, 0.3) is 0 Å². The number of carbonyl (C=O) groups is 1. The van der Waals surface area contributed by atoms with E-state index in [1.807, 2.05) is 0 Å². The average molecular weight is 286 g/mol. The topological polar surface area (TPSA) is 17.1 Å². The van der Waals surface area contributed by atoms with Gasteiger partial charge in [-0.1, -0.05) is 24.3 Å². The number of hydrogen-bond donors (Lipinski definition) is 0. The average Bonchev–Trinajstić information content (AvgIpc) is 2.40. The molecule has 0 aliphatic rings. The van der Waals surface area contributed by atoms with Gasteiger partial charge in [0.1, 0.15) is 0 Å². The lowest BCUT2D eigenvalue weighted by Crippen LogP contribution is -2.15. The first-order chi connectivity index (χ1) is 9.32. The maximum absolute atomic E-state index is 13.5. The zero-order chi connectivity index (χ0) is 14.9. The summed E-state index contributed by atoms with van der Waals surface area (Å²) in [6.07, 6.45) is -4.75. The molecule has 2 aromatic carbocycles. The van der Waals surface area contributed by atoms with Crippen LogP contribution in [-0.4, -0.2) is 5.78 Å². The van der Waals surface area contributed by atoms with Gasteiger partial charge in [0.05, 0.1) is 11.1 Å². The lowest BCUT2D eigenvalue weighted by molar-refractivity contribution is -0.137. The number of alkyl halides is 3. The summed E-state index contributed by atoms with van der Waals surface area (Å²) in [6.45, 7) is 0. The lowest BCUT2D eigenvalue weighted by atomic mass is 9.97. The molecule has 0 aliphatic heterocycles. The third kappa shape index (κ3) is 2.54. The van der Waals surface area contributed by atoms with Gasteiger partial charge in [-0.2, -0.15) is 13.2 Å². The van der Waals surface area contributed by atoms with E-state index in [0.717, 1.165) is 30.3 Å². The molecule has 0 unspecified atom stereocenters. The summed E-state index contributed by atoms with van der Waals surface area (Å²) in [6, 6.07) is 6.75. The Bertz CT molecular complexity index is 661. The smallest absolute Gasteiger partial charge is 0.288 e.